The number of aromatic hydroxyl groups is 1. The Labute approximate surface area is 108 Å². The number of methoxy groups -OCH3 is 1. The van der Waals surface area contributed by atoms with E-state index in [0.29, 0.717) is 18.2 Å². The standard InChI is InChI=1S/C14H21NO3/c1-10(2)5-4-8-15-14(17)12-7-6-11(18-3)9-13(12)16/h6-7,9-10,16H,4-5,8H2,1-3H3,(H,15,17). The highest BCUT2D eigenvalue weighted by atomic mass is 16.5. The van der Waals surface area contributed by atoms with Gasteiger partial charge in [-0.05, 0) is 30.9 Å². The molecule has 0 heterocycles. The van der Waals surface area contributed by atoms with E-state index in [9.17, 15) is 9.90 Å². The number of carbonyl (C=O) groups is 1. The van der Waals surface area contributed by atoms with Crippen molar-refractivity contribution in [2.75, 3.05) is 13.7 Å². The molecule has 0 atom stereocenters. The Kier molecular flexibility index (Phi) is 5.49. The third kappa shape index (κ3) is 4.28. The number of rotatable bonds is 6. The van der Waals surface area contributed by atoms with Crippen LogP contribution in [0.3, 0.4) is 0 Å². The summed E-state index contributed by atoms with van der Waals surface area (Å²) in [5.41, 5.74) is 0.278. The van der Waals surface area contributed by atoms with E-state index >= 15 is 0 Å². The molecular weight excluding hydrogens is 230 g/mol. The Morgan fingerprint density at radius 2 is 2.17 bits per heavy atom. The van der Waals surface area contributed by atoms with Gasteiger partial charge in [0, 0.05) is 12.6 Å². The van der Waals surface area contributed by atoms with E-state index in [4.69, 9.17) is 4.74 Å². The fraction of sp³-hybridized carbons (Fsp3) is 0.500. The van der Waals surface area contributed by atoms with Gasteiger partial charge in [0.2, 0.25) is 0 Å². The Bertz CT molecular complexity index is 402. The van der Waals surface area contributed by atoms with E-state index in [1.165, 1.54) is 13.2 Å². The lowest BCUT2D eigenvalue weighted by atomic mass is 10.1. The van der Waals surface area contributed by atoms with Gasteiger partial charge in [0.25, 0.3) is 5.91 Å². The zero-order valence-electron chi connectivity index (χ0n) is 11.2. The van der Waals surface area contributed by atoms with E-state index in [2.05, 4.69) is 19.2 Å². The molecule has 100 valence electrons. The summed E-state index contributed by atoms with van der Waals surface area (Å²) >= 11 is 0. The summed E-state index contributed by atoms with van der Waals surface area (Å²) in [6.07, 6.45) is 2.02. The summed E-state index contributed by atoms with van der Waals surface area (Å²) in [6, 6.07) is 4.65. The highest BCUT2D eigenvalue weighted by Gasteiger charge is 2.11. The zero-order valence-corrected chi connectivity index (χ0v) is 11.2. The lowest BCUT2D eigenvalue weighted by Crippen LogP contribution is -2.24. The second-order valence-corrected chi connectivity index (χ2v) is 4.68. The van der Waals surface area contributed by atoms with Gasteiger partial charge in [-0.3, -0.25) is 4.79 Å². The van der Waals surface area contributed by atoms with Crippen molar-refractivity contribution in [1.29, 1.82) is 0 Å². The van der Waals surface area contributed by atoms with Gasteiger partial charge in [-0.1, -0.05) is 13.8 Å². The second kappa shape index (κ2) is 6.89. The van der Waals surface area contributed by atoms with Crippen LogP contribution in [0, 0.1) is 5.92 Å². The van der Waals surface area contributed by atoms with Crippen LogP contribution >= 0.6 is 0 Å². The first-order valence-electron chi connectivity index (χ1n) is 6.19. The monoisotopic (exact) mass is 251 g/mol. The lowest BCUT2D eigenvalue weighted by molar-refractivity contribution is 0.0950. The molecular formula is C14H21NO3. The minimum absolute atomic E-state index is 0.0595. The van der Waals surface area contributed by atoms with Crippen LogP contribution < -0.4 is 10.1 Å². The Hall–Kier alpha value is -1.71. The van der Waals surface area contributed by atoms with Crippen LogP contribution in [0.4, 0.5) is 0 Å². The number of hydrogen-bond donors (Lipinski definition) is 2. The minimum atomic E-state index is -0.251. The molecule has 0 aliphatic rings. The molecule has 0 saturated heterocycles. The van der Waals surface area contributed by atoms with Crippen molar-refractivity contribution in [3.8, 4) is 11.5 Å². The first kappa shape index (κ1) is 14.4. The van der Waals surface area contributed by atoms with Crippen LogP contribution in [0.1, 0.15) is 37.0 Å². The highest BCUT2D eigenvalue weighted by molar-refractivity contribution is 5.96. The molecule has 4 nitrogen and oxygen atoms in total. The van der Waals surface area contributed by atoms with Crippen molar-refractivity contribution in [2.24, 2.45) is 5.92 Å². The number of nitrogens with one attached hydrogen (secondary N) is 1. The Balaban J connectivity index is 2.51. The van der Waals surface area contributed by atoms with Crippen LogP contribution in [0.15, 0.2) is 18.2 Å². The maximum absolute atomic E-state index is 11.8. The molecule has 0 fully saturated rings. The van der Waals surface area contributed by atoms with Crippen molar-refractivity contribution in [3.63, 3.8) is 0 Å². The van der Waals surface area contributed by atoms with Gasteiger partial charge in [-0.25, -0.2) is 0 Å². The van der Waals surface area contributed by atoms with Crippen molar-refractivity contribution >= 4 is 5.91 Å². The van der Waals surface area contributed by atoms with Crippen LogP contribution in [0.2, 0.25) is 0 Å². The maximum Gasteiger partial charge on any atom is 0.255 e. The molecule has 1 aromatic rings. The van der Waals surface area contributed by atoms with Gasteiger partial charge in [0.1, 0.15) is 11.5 Å². The van der Waals surface area contributed by atoms with Crippen molar-refractivity contribution in [3.05, 3.63) is 23.8 Å². The molecule has 1 amide bonds. The average molecular weight is 251 g/mol. The number of phenolic OH excluding ortho intramolecular Hbond substituents is 1. The van der Waals surface area contributed by atoms with Crippen LogP contribution in [0.5, 0.6) is 11.5 Å². The number of carbonyl (C=O) groups excluding carboxylic acids is 1. The number of hydrogen-bond acceptors (Lipinski definition) is 3. The number of ether oxygens (including phenoxy) is 1. The van der Waals surface area contributed by atoms with Crippen molar-refractivity contribution in [2.45, 2.75) is 26.7 Å². The minimum Gasteiger partial charge on any atom is -0.507 e. The molecule has 0 saturated carbocycles. The summed E-state index contributed by atoms with van der Waals surface area (Å²) in [4.78, 5) is 11.8. The molecule has 0 bridgehead atoms. The molecule has 4 heteroatoms. The van der Waals surface area contributed by atoms with E-state index < -0.39 is 0 Å². The molecule has 0 radical (unpaired) electrons. The largest absolute Gasteiger partial charge is 0.507 e. The quantitative estimate of drug-likeness (QED) is 0.764. The Morgan fingerprint density at radius 1 is 1.44 bits per heavy atom. The molecule has 0 aromatic heterocycles. The van der Waals surface area contributed by atoms with Crippen molar-refractivity contribution in [1.82, 2.24) is 5.32 Å². The van der Waals surface area contributed by atoms with E-state index in [0.717, 1.165) is 12.8 Å². The van der Waals surface area contributed by atoms with Crippen molar-refractivity contribution < 1.29 is 14.6 Å². The fourth-order valence-corrected chi connectivity index (χ4v) is 1.64. The second-order valence-electron chi connectivity index (χ2n) is 4.68. The molecule has 0 aliphatic carbocycles. The normalized spacial score (nSPS) is 10.4. The maximum atomic E-state index is 11.8. The van der Waals surface area contributed by atoms with Gasteiger partial charge in [-0.2, -0.15) is 0 Å². The van der Waals surface area contributed by atoms with Gasteiger partial charge >= 0.3 is 0 Å². The van der Waals surface area contributed by atoms with E-state index in [1.807, 2.05) is 0 Å². The fourth-order valence-electron chi connectivity index (χ4n) is 1.64. The molecule has 2 N–H and O–H groups in total. The van der Waals surface area contributed by atoms with Crippen LogP contribution in [-0.4, -0.2) is 24.7 Å². The number of phenols is 1. The molecule has 0 aliphatic heterocycles. The molecule has 0 unspecified atom stereocenters. The number of benzene rings is 1. The topological polar surface area (TPSA) is 58.6 Å². The van der Waals surface area contributed by atoms with Gasteiger partial charge < -0.3 is 15.2 Å². The highest BCUT2D eigenvalue weighted by Crippen LogP contribution is 2.23. The third-order valence-corrected chi connectivity index (χ3v) is 2.69. The molecule has 0 spiro atoms. The van der Waals surface area contributed by atoms with Crippen LogP contribution in [0.25, 0.3) is 0 Å². The summed E-state index contributed by atoms with van der Waals surface area (Å²) in [5.74, 6) is 0.856. The summed E-state index contributed by atoms with van der Waals surface area (Å²) < 4.78 is 4.96. The molecule has 18 heavy (non-hydrogen) atoms. The first-order chi connectivity index (χ1) is 8.54. The predicted molar refractivity (Wildman–Crippen MR) is 71.1 cm³/mol. The van der Waals surface area contributed by atoms with E-state index in [1.54, 1.807) is 12.1 Å². The molecule has 1 aromatic carbocycles. The summed E-state index contributed by atoms with van der Waals surface area (Å²) in [7, 11) is 1.51. The SMILES string of the molecule is COc1ccc(C(=O)NCCCC(C)C)c(O)c1. The Morgan fingerprint density at radius 3 is 2.72 bits per heavy atom. The lowest BCUT2D eigenvalue weighted by Gasteiger charge is -2.09. The van der Waals surface area contributed by atoms with Gasteiger partial charge in [0.05, 0.1) is 12.7 Å². The summed E-state index contributed by atoms with van der Waals surface area (Å²) in [6.45, 7) is 4.93. The smallest absolute Gasteiger partial charge is 0.255 e. The summed E-state index contributed by atoms with van der Waals surface area (Å²) in [5, 5.41) is 12.5. The van der Waals surface area contributed by atoms with Gasteiger partial charge in [0.15, 0.2) is 0 Å². The predicted octanol–water partition coefficient (Wildman–Crippen LogP) is 2.57. The zero-order chi connectivity index (χ0) is 13.5. The van der Waals surface area contributed by atoms with E-state index in [-0.39, 0.29) is 17.2 Å². The average Bonchev–Trinajstić information content (AvgIpc) is 2.33. The molecule has 1 rings (SSSR count). The third-order valence-electron chi connectivity index (χ3n) is 2.69. The van der Waals surface area contributed by atoms with Gasteiger partial charge in [-0.15, -0.1) is 0 Å². The van der Waals surface area contributed by atoms with Crippen LogP contribution in [-0.2, 0) is 0 Å². The first-order valence-corrected chi connectivity index (χ1v) is 6.19. The number of amides is 1.